The highest BCUT2D eigenvalue weighted by atomic mass is 79.9. The average Bonchev–Trinajstić information content (AvgIpc) is 3.24. The van der Waals surface area contributed by atoms with E-state index in [1.165, 1.54) is 0 Å². The summed E-state index contributed by atoms with van der Waals surface area (Å²) in [7, 11) is 0. The first kappa shape index (κ1) is 18.9. The second-order valence-electron chi connectivity index (χ2n) is 6.54. The van der Waals surface area contributed by atoms with E-state index in [0.29, 0.717) is 11.1 Å². The van der Waals surface area contributed by atoms with Gasteiger partial charge in [-0.15, -0.1) is 0 Å². The standard InChI is InChI=1S/C20H22BrNO4/c1-13-10-18(14(2)22(13)11-17-4-3-9-25-17)19(23)12-26-20(24)15-5-7-16(21)8-6-15/h5-8,10,17H,3-4,9,11-12H2,1-2H3/t17-/m0/s1. The van der Waals surface area contributed by atoms with Crippen molar-refractivity contribution in [1.82, 2.24) is 4.57 Å². The Morgan fingerprint density at radius 2 is 2.00 bits per heavy atom. The topological polar surface area (TPSA) is 57.5 Å². The molecule has 1 aliphatic rings. The number of rotatable bonds is 6. The van der Waals surface area contributed by atoms with Crippen LogP contribution in [0.5, 0.6) is 0 Å². The first-order valence-corrected chi connectivity index (χ1v) is 9.49. The van der Waals surface area contributed by atoms with E-state index in [9.17, 15) is 9.59 Å². The van der Waals surface area contributed by atoms with Gasteiger partial charge in [-0.2, -0.15) is 0 Å². The molecule has 0 amide bonds. The quantitative estimate of drug-likeness (QED) is 0.522. The summed E-state index contributed by atoms with van der Waals surface area (Å²) in [5, 5.41) is 0. The van der Waals surface area contributed by atoms with Gasteiger partial charge in [0.1, 0.15) is 0 Å². The van der Waals surface area contributed by atoms with Crippen LogP contribution in [-0.2, 0) is 16.0 Å². The molecule has 2 aromatic rings. The Hall–Kier alpha value is -1.92. The number of benzene rings is 1. The first-order valence-electron chi connectivity index (χ1n) is 8.70. The van der Waals surface area contributed by atoms with Gasteiger partial charge >= 0.3 is 5.97 Å². The van der Waals surface area contributed by atoms with Crippen LogP contribution in [0.2, 0.25) is 0 Å². The highest BCUT2D eigenvalue weighted by Gasteiger charge is 2.21. The number of ether oxygens (including phenoxy) is 2. The lowest BCUT2D eigenvalue weighted by molar-refractivity contribution is 0.0474. The van der Waals surface area contributed by atoms with Crippen molar-refractivity contribution in [2.45, 2.75) is 39.3 Å². The van der Waals surface area contributed by atoms with Gasteiger partial charge in [0.25, 0.3) is 0 Å². The molecule has 1 fully saturated rings. The molecule has 0 saturated carbocycles. The van der Waals surface area contributed by atoms with Crippen LogP contribution in [-0.4, -0.2) is 35.6 Å². The number of esters is 1. The second kappa shape index (κ2) is 8.18. The lowest BCUT2D eigenvalue weighted by atomic mass is 10.1. The maximum absolute atomic E-state index is 12.5. The summed E-state index contributed by atoms with van der Waals surface area (Å²) < 4.78 is 13.9. The van der Waals surface area contributed by atoms with Crippen molar-refractivity contribution >= 4 is 27.7 Å². The third-order valence-corrected chi connectivity index (χ3v) is 5.23. The Bertz CT molecular complexity index is 804. The van der Waals surface area contributed by atoms with Gasteiger partial charge in [0, 0.05) is 34.6 Å². The third-order valence-electron chi connectivity index (χ3n) is 4.70. The van der Waals surface area contributed by atoms with Crippen LogP contribution >= 0.6 is 15.9 Å². The van der Waals surface area contributed by atoms with E-state index in [0.717, 1.165) is 41.9 Å². The van der Waals surface area contributed by atoms with Crippen LogP contribution < -0.4 is 0 Å². The number of Topliss-reactive ketones (excluding diaryl/α,β-unsaturated/α-hetero) is 1. The summed E-state index contributed by atoms with van der Waals surface area (Å²) >= 11 is 3.32. The van der Waals surface area contributed by atoms with Crippen molar-refractivity contribution in [3.63, 3.8) is 0 Å². The lowest BCUT2D eigenvalue weighted by Crippen LogP contribution is -2.18. The van der Waals surface area contributed by atoms with E-state index in [1.54, 1.807) is 24.3 Å². The van der Waals surface area contributed by atoms with E-state index < -0.39 is 5.97 Å². The highest BCUT2D eigenvalue weighted by Crippen LogP contribution is 2.21. The fourth-order valence-electron chi connectivity index (χ4n) is 3.23. The zero-order chi connectivity index (χ0) is 18.7. The van der Waals surface area contributed by atoms with Gasteiger partial charge in [0.05, 0.1) is 11.7 Å². The summed E-state index contributed by atoms with van der Waals surface area (Å²) in [5.41, 5.74) is 2.93. The molecule has 1 atom stereocenters. The zero-order valence-electron chi connectivity index (χ0n) is 15.0. The predicted molar refractivity (Wildman–Crippen MR) is 102 cm³/mol. The van der Waals surface area contributed by atoms with Crippen molar-refractivity contribution in [2.75, 3.05) is 13.2 Å². The zero-order valence-corrected chi connectivity index (χ0v) is 16.5. The van der Waals surface area contributed by atoms with Gasteiger partial charge in [-0.25, -0.2) is 4.79 Å². The molecule has 1 aromatic heterocycles. The van der Waals surface area contributed by atoms with Gasteiger partial charge in [-0.1, -0.05) is 15.9 Å². The lowest BCUT2D eigenvalue weighted by Gasteiger charge is -2.14. The Balaban J connectivity index is 1.64. The van der Waals surface area contributed by atoms with Crippen molar-refractivity contribution in [3.05, 3.63) is 57.3 Å². The number of halogens is 1. The molecular weight excluding hydrogens is 398 g/mol. The minimum absolute atomic E-state index is 0.192. The number of carbonyl (C=O) groups excluding carboxylic acids is 2. The molecule has 0 spiro atoms. The largest absolute Gasteiger partial charge is 0.454 e. The van der Waals surface area contributed by atoms with E-state index >= 15 is 0 Å². The normalized spacial score (nSPS) is 16.7. The van der Waals surface area contributed by atoms with Gasteiger partial charge in [-0.05, 0) is 57.0 Å². The molecule has 0 aliphatic carbocycles. The molecule has 3 rings (SSSR count). The molecule has 0 bridgehead atoms. The Labute approximate surface area is 161 Å². The Kier molecular flexibility index (Phi) is 5.94. The number of nitrogens with zero attached hydrogens (tertiary/aromatic N) is 1. The number of aromatic nitrogens is 1. The van der Waals surface area contributed by atoms with Crippen LogP contribution in [0.25, 0.3) is 0 Å². The summed E-state index contributed by atoms with van der Waals surface area (Å²) in [6.45, 7) is 5.20. The molecule has 0 N–H and O–H groups in total. The molecule has 1 aliphatic heterocycles. The number of carbonyl (C=O) groups is 2. The number of hydrogen-bond donors (Lipinski definition) is 0. The molecule has 138 valence electrons. The first-order chi connectivity index (χ1) is 12.5. The van der Waals surface area contributed by atoms with Gasteiger partial charge in [-0.3, -0.25) is 4.79 Å². The number of ketones is 1. The molecule has 0 radical (unpaired) electrons. The smallest absolute Gasteiger partial charge is 0.338 e. The van der Waals surface area contributed by atoms with Gasteiger partial charge in [0.15, 0.2) is 6.61 Å². The molecule has 1 aromatic carbocycles. The SMILES string of the molecule is Cc1cc(C(=O)COC(=O)c2ccc(Br)cc2)c(C)n1C[C@@H]1CCCO1. The van der Waals surface area contributed by atoms with E-state index in [-0.39, 0.29) is 18.5 Å². The Morgan fingerprint density at radius 1 is 1.27 bits per heavy atom. The maximum atomic E-state index is 12.5. The van der Waals surface area contributed by atoms with Crippen molar-refractivity contribution in [3.8, 4) is 0 Å². The second-order valence-corrected chi connectivity index (χ2v) is 7.45. The monoisotopic (exact) mass is 419 g/mol. The highest BCUT2D eigenvalue weighted by molar-refractivity contribution is 9.10. The predicted octanol–water partition coefficient (Wildman–Crippen LogP) is 4.09. The third kappa shape index (κ3) is 4.24. The minimum Gasteiger partial charge on any atom is -0.454 e. The van der Waals surface area contributed by atoms with E-state index in [2.05, 4.69) is 20.5 Å². The van der Waals surface area contributed by atoms with Crippen LogP contribution in [0.15, 0.2) is 34.8 Å². The molecule has 26 heavy (non-hydrogen) atoms. The van der Waals surface area contributed by atoms with Gasteiger partial charge < -0.3 is 14.0 Å². The van der Waals surface area contributed by atoms with E-state index in [1.807, 2.05) is 19.9 Å². The van der Waals surface area contributed by atoms with Crippen LogP contribution in [0, 0.1) is 13.8 Å². The van der Waals surface area contributed by atoms with E-state index in [4.69, 9.17) is 9.47 Å². The van der Waals surface area contributed by atoms with Crippen LogP contribution in [0.3, 0.4) is 0 Å². The van der Waals surface area contributed by atoms with Crippen LogP contribution in [0.4, 0.5) is 0 Å². The molecule has 6 heteroatoms. The maximum Gasteiger partial charge on any atom is 0.338 e. The average molecular weight is 420 g/mol. The fourth-order valence-corrected chi connectivity index (χ4v) is 3.50. The summed E-state index contributed by atoms with van der Waals surface area (Å²) in [6.07, 6.45) is 2.34. The van der Waals surface area contributed by atoms with Crippen molar-refractivity contribution in [1.29, 1.82) is 0 Å². The van der Waals surface area contributed by atoms with Gasteiger partial charge in [0.2, 0.25) is 5.78 Å². The molecular formula is C20H22BrNO4. The Morgan fingerprint density at radius 3 is 2.65 bits per heavy atom. The minimum atomic E-state index is -0.501. The molecule has 5 nitrogen and oxygen atoms in total. The van der Waals surface area contributed by atoms with Crippen LogP contribution in [0.1, 0.15) is 44.9 Å². The summed E-state index contributed by atoms with van der Waals surface area (Å²) in [6, 6.07) is 8.70. The molecule has 0 unspecified atom stereocenters. The number of hydrogen-bond acceptors (Lipinski definition) is 4. The summed E-state index contributed by atoms with van der Waals surface area (Å²) in [5.74, 6) is -0.693. The molecule has 1 saturated heterocycles. The molecule has 2 heterocycles. The van der Waals surface area contributed by atoms with Crippen molar-refractivity contribution < 1.29 is 19.1 Å². The fraction of sp³-hybridized carbons (Fsp3) is 0.400. The summed E-state index contributed by atoms with van der Waals surface area (Å²) in [4.78, 5) is 24.6. The van der Waals surface area contributed by atoms with Crippen molar-refractivity contribution in [2.24, 2.45) is 0 Å². The number of aryl methyl sites for hydroxylation is 1.